The quantitative estimate of drug-likeness (QED) is 0.686. The van der Waals surface area contributed by atoms with Crippen LogP contribution >= 0.6 is 0 Å². The van der Waals surface area contributed by atoms with Crippen molar-refractivity contribution >= 4 is 16.9 Å². The topological polar surface area (TPSA) is 85.4 Å². The third-order valence-electron chi connectivity index (χ3n) is 2.18. The van der Waals surface area contributed by atoms with E-state index in [-0.39, 0.29) is 0 Å². The van der Waals surface area contributed by atoms with Gasteiger partial charge in [-0.25, -0.2) is 15.0 Å². The zero-order chi connectivity index (χ0) is 13.0. The predicted molar refractivity (Wildman–Crippen MR) is 71.4 cm³/mol. The number of nitrogen functional groups attached to an aromatic ring is 1. The van der Waals surface area contributed by atoms with Gasteiger partial charge in [-0.05, 0) is 0 Å². The van der Waals surface area contributed by atoms with E-state index in [4.69, 9.17) is 5.73 Å². The average molecular weight is 244 g/mol. The molecule has 0 saturated heterocycles. The largest absolute Gasteiger partial charge is 0.397 e. The summed E-state index contributed by atoms with van der Waals surface area (Å²) in [5.41, 5.74) is 7.86. The van der Waals surface area contributed by atoms with Crippen LogP contribution in [0.4, 0.5) is 5.69 Å². The average Bonchev–Trinajstić information content (AvgIpc) is 3.01. The highest BCUT2D eigenvalue weighted by Gasteiger charge is 2.05. The number of nitrogens with one attached hydrogen (secondary N) is 1. The molecule has 3 aromatic heterocycles. The van der Waals surface area contributed by atoms with Crippen LogP contribution in [0.2, 0.25) is 0 Å². The van der Waals surface area contributed by atoms with Gasteiger partial charge >= 0.3 is 0 Å². The summed E-state index contributed by atoms with van der Waals surface area (Å²) in [6, 6.07) is 1.78. The van der Waals surface area contributed by atoms with E-state index in [1.807, 2.05) is 0 Å². The summed E-state index contributed by atoms with van der Waals surface area (Å²) in [7, 11) is 0. The van der Waals surface area contributed by atoms with Crippen LogP contribution in [0.1, 0.15) is 20.3 Å². The number of imidazole rings is 2. The third kappa shape index (κ3) is 2.32. The number of aromatic amines is 1. The van der Waals surface area contributed by atoms with E-state index in [1.165, 1.54) is 6.42 Å². The normalized spacial score (nSPS) is 10.1. The number of rotatable bonds is 1. The molecule has 3 N–H and O–H groups in total. The van der Waals surface area contributed by atoms with Gasteiger partial charge in [0, 0.05) is 18.5 Å². The first kappa shape index (κ1) is 12.1. The molecule has 0 bridgehead atoms. The molecule has 0 radical (unpaired) electrons. The summed E-state index contributed by atoms with van der Waals surface area (Å²) < 4.78 is 1.78. The lowest BCUT2D eigenvalue weighted by Gasteiger charge is -2.02. The summed E-state index contributed by atoms with van der Waals surface area (Å²) in [4.78, 5) is 15.3. The number of hydrogen-bond donors (Lipinski definition) is 2. The van der Waals surface area contributed by atoms with Gasteiger partial charge in [-0.2, -0.15) is 0 Å². The van der Waals surface area contributed by atoms with Gasteiger partial charge in [-0.15, -0.1) is 0 Å². The van der Waals surface area contributed by atoms with Crippen molar-refractivity contribution in [3.05, 3.63) is 31.1 Å². The van der Waals surface area contributed by atoms with Gasteiger partial charge in [0.05, 0.1) is 12.0 Å². The van der Waals surface area contributed by atoms with Crippen LogP contribution in [0.5, 0.6) is 0 Å². The molecule has 3 heterocycles. The minimum atomic E-state index is 0.610. The lowest BCUT2D eigenvalue weighted by Crippen LogP contribution is -1.98. The van der Waals surface area contributed by atoms with Crippen molar-refractivity contribution in [1.82, 2.24) is 24.5 Å². The van der Waals surface area contributed by atoms with E-state index in [1.54, 1.807) is 35.7 Å². The van der Waals surface area contributed by atoms with Crippen LogP contribution in [-0.4, -0.2) is 24.5 Å². The van der Waals surface area contributed by atoms with Crippen LogP contribution in [0, 0.1) is 0 Å². The lowest BCUT2D eigenvalue weighted by atomic mass is 10.3. The Kier molecular flexibility index (Phi) is 3.57. The van der Waals surface area contributed by atoms with Crippen molar-refractivity contribution in [3.63, 3.8) is 0 Å². The maximum absolute atomic E-state index is 5.86. The number of pyridine rings is 1. The molecule has 0 atom stereocenters. The van der Waals surface area contributed by atoms with E-state index in [9.17, 15) is 0 Å². The van der Waals surface area contributed by atoms with Crippen LogP contribution in [-0.2, 0) is 0 Å². The number of aromatic nitrogens is 5. The number of nitrogens with two attached hydrogens (primary N) is 1. The molecular formula is C12H16N6. The summed E-state index contributed by atoms with van der Waals surface area (Å²) in [5, 5.41) is 0. The third-order valence-corrected chi connectivity index (χ3v) is 2.18. The van der Waals surface area contributed by atoms with Gasteiger partial charge in [0.25, 0.3) is 0 Å². The Labute approximate surface area is 105 Å². The van der Waals surface area contributed by atoms with Crippen molar-refractivity contribution in [2.45, 2.75) is 20.3 Å². The van der Waals surface area contributed by atoms with Gasteiger partial charge in [0.1, 0.15) is 17.7 Å². The fourth-order valence-electron chi connectivity index (χ4n) is 1.46. The fourth-order valence-corrected chi connectivity index (χ4v) is 1.46. The van der Waals surface area contributed by atoms with E-state index in [0.29, 0.717) is 17.2 Å². The molecule has 0 spiro atoms. The van der Waals surface area contributed by atoms with Gasteiger partial charge < -0.3 is 10.7 Å². The molecule has 0 unspecified atom stereocenters. The predicted octanol–water partition coefficient (Wildman–Crippen LogP) is 2.14. The number of anilines is 1. The monoisotopic (exact) mass is 244 g/mol. The van der Waals surface area contributed by atoms with Gasteiger partial charge in [-0.3, -0.25) is 4.57 Å². The van der Waals surface area contributed by atoms with Crippen LogP contribution in [0.3, 0.4) is 0 Å². The molecule has 0 amide bonds. The van der Waals surface area contributed by atoms with E-state index in [2.05, 4.69) is 33.8 Å². The van der Waals surface area contributed by atoms with Crippen molar-refractivity contribution in [2.75, 3.05) is 5.73 Å². The Morgan fingerprint density at radius 3 is 2.83 bits per heavy atom. The van der Waals surface area contributed by atoms with Crippen LogP contribution in [0.25, 0.3) is 17.0 Å². The second kappa shape index (κ2) is 5.31. The number of hydrogen-bond acceptors (Lipinski definition) is 4. The zero-order valence-corrected chi connectivity index (χ0v) is 10.5. The molecule has 94 valence electrons. The number of nitrogens with zero attached hydrogens (tertiary/aromatic N) is 4. The second-order valence-electron chi connectivity index (χ2n) is 3.85. The summed E-state index contributed by atoms with van der Waals surface area (Å²) >= 11 is 0. The Morgan fingerprint density at radius 1 is 1.39 bits per heavy atom. The van der Waals surface area contributed by atoms with Crippen molar-refractivity contribution in [2.24, 2.45) is 0 Å². The van der Waals surface area contributed by atoms with Crippen LogP contribution in [0.15, 0.2) is 31.1 Å². The van der Waals surface area contributed by atoms with Crippen LogP contribution < -0.4 is 5.73 Å². The smallest absolute Gasteiger partial charge is 0.181 e. The number of H-pyrrole nitrogens is 1. The van der Waals surface area contributed by atoms with Crippen molar-refractivity contribution < 1.29 is 0 Å². The Morgan fingerprint density at radius 2 is 2.17 bits per heavy atom. The molecule has 0 aliphatic rings. The molecule has 0 aromatic carbocycles. The maximum Gasteiger partial charge on any atom is 0.181 e. The van der Waals surface area contributed by atoms with Gasteiger partial charge in [0.2, 0.25) is 0 Å². The first-order valence-corrected chi connectivity index (χ1v) is 5.84. The summed E-state index contributed by atoms with van der Waals surface area (Å²) in [5.74, 6) is 0.713. The Balaban J connectivity index is 0.000000367. The number of fused-ring (bicyclic) bond motifs is 1. The van der Waals surface area contributed by atoms with Gasteiger partial charge in [0.15, 0.2) is 5.65 Å². The first-order chi connectivity index (χ1) is 8.76. The molecule has 3 aromatic rings. The fraction of sp³-hybridized carbons (Fsp3) is 0.250. The van der Waals surface area contributed by atoms with E-state index >= 15 is 0 Å². The van der Waals surface area contributed by atoms with Crippen molar-refractivity contribution in [3.8, 4) is 5.82 Å². The van der Waals surface area contributed by atoms with E-state index in [0.717, 1.165) is 5.52 Å². The molecule has 6 nitrogen and oxygen atoms in total. The zero-order valence-electron chi connectivity index (χ0n) is 10.5. The Bertz CT molecular complexity index is 611. The molecule has 0 aliphatic heterocycles. The Hall–Kier alpha value is -2.37. The standard InChI is InChI=1S/C9H8N6.C3H8/c10-6-3-7(15-2-1-11-5-15)14-9-8(6)12-4-13-9;1-3-2/h1-5H,(H3,10,12,13,14);3H2,1-2H3. The lowest BCUT2D eigenvalue weighted by molar-refractivity contribution is 1.00. The molecule has 0 fully saturated rings. The van der Waals surface area contributed by atoms with Gasteiger partial charge in [-0.1, -0.05) is 20.3 Å². The summed E-state index contributed by atoms with van der Waals surface area (Å²) in [6.45, 7) is 4.25. The van der Waals surface area contributed by atoms with Crippen molar-refractivity contribution in [1.29, 1.82) is 0 Å². The first-order valence-electron chi connectivity index (χ1n) is 5.84. The maximum atomic E-state index is 5.86. The molecule has 18 heavy (non-hydrogen) atoms. The highest BCUT2D eigenvalue weighted by molar-refractivity contribution is 5.84. The highest BCUT2D eigenvalue weighted by Crippen LogP contribution is 2.18. The summed E-state index contributed by atoms with van der Waals surface area (Å²) in [6.07, 6.45) is 7.98. The molecule has 3 rings (SSSR count). The molecule has 6 heteroatoms. The molecule has 0 aliphatic carbocycles. The highest BCUT2D eigenvalue weighted by atomic mass is 15.1. The second-order valence-corrected chi connectivity index (χ2v) is 3.85. The minimum absolute atomic E-state index is 0.610. The molecular weight excluding hydrogens is 228 g/mol. The van der Waals surface area contributed by atoms with E-state index < -0.39 is 0 Å². The SMILES string of the molecule is CCC.Nc1cc(-n2ccnc2)nc2nc[nH]c12. The minimum Gasteiger partial charge on any atom is -0.397 e. The molecule has 0 saturated carbocycles.